The maximum Gasteiger partial charge on any atom is 0.404 e. The second-order valence-corrected chi connectivity index (χ2v) is 6.79. The smallest absolute Gasteiger partial charge is 0.404 e. The third-order valence-corrected chi connectivity index (χ3v) is 4.55. The lowest BCUT2D eigenvalue weighted by Gasteiger charge is -2.26. The number of nitrogens with zero attached hydrogens (tertiary/aromatic N) is 1. The fourth-order valence-electron chi connectivity index (χ4n) is 3.12. The number of nitrogens with one attached hydrogen (secondary N) is 2. The van der Waals surface area contributed by atoms with E-state index in [1.54, 1.807) is 24.3 Å². The SMILES string of the molecule is CC(C)C(CC[C@@H](CN1C(=O)c2ccccc2C1=O)NC(=O)O)NC(=O)O. The van der Waals surface area contributed by atoms with E-state index < -0.39 is 30.0 Å². The van der Waals surface area contributed by atoms with Crippen molar-refractivity contribution in [3.8, 4) is 0 Å². The van der Waals surface area contributed by atoms with Crippen LogP contribution in [0.2, 0.25) is 0 Å². The average molecular weight is 377 g/mol. The summed E-state index contributed by atoms with van der Waals surface area (Å²) in [6.07, 6.45) is -1.80. The lowest BCUT2D eigenvalue weighted by molar-refractivity contribution is 0.0633. The Morgan fingerprint density at radius 2 is 1.48 bits per heavy atom. The van der Waals surface area contributed by atoms with E-state index >= 15 is 0 Å². The number of rotatable bonds is 8. The first-order valence-electron chi connectivity index (χ1n) is 8.64. The van der Waals surface area contributed by atoms with Gasteiger partial charge in [-0.3, -0.25) is 14.5 Å². The molecule has 4 N–H and O–H groups in total. The van der Waals surface area contributed by atoms with Gasteiger partial charge in [0.1, 0.15) is 0 Å². The van der Waals surface area contributed by atoms with Crippen LogP contribution in [0.25, 0.3) is 0 Å². The molecule has 9 heteroatoms. The maximum atomic E-state index is 12.5. The van der Waals surface area contributed by atoms with Crippen LogP contribution in [0.15, 0.2) is 24.3 Å². The van der Waals surface area contributed by atoms with Gasteiger partial charge < -0.3 is 20.8 Å². The van der Waals surface area contributed by atoms with E-state index in [0.717, 1.165) is 4.90 Å². The summed E-state index contributed by atoms with van der Waals surface area (Å²) in [5, 5.41) is 22.7. The summed E-state index contributed by atoms with van der Waals surface area (Å²) in [5.41, 5.74) is 0.591. The van der Waals surface area contributed by atoms with Crippen LogP contribution in [0.4, 0.5) is 9.59 Å². The van der Waals surface area contributed by atoms with Crippen LogP contribution in [0.1, 0.15) is 47.4 Å². The Morgan fingerprint density at radius 3 is 1.93 bits per heavy atom. The number of imide groups is 1. The molecule has 0 radical (unpaired) electrons. The second-order valence-electron chi connectivity index (χ2n) is 6.79. The minimum absolute atomic E-state index is 0.00545. The van der Waals surface area contributed by atoms with Gasteiger partial charge in [0, 0.05) is 12.6 Å². The van der Waals surface area contributed by atoms with Gasteiger partial charge in [-0.25, -0.2) is 9.59 Å². The highest BCUT2D eigenvalue weighted by atomic mass is 16.4. The molecule has 0 fully saturated rings. The first-order chi connectivity index (χ1) is 12.7. The second kappa shape index (κ2) is 8.52. The normalized spacial score (nSPS) is 15.4. The summed E-state index contributed by atoms with van der Waals surface area (Å²) in [5.74, 6) is -0.917. The Labute approximate surface area is 156 Å². The van der Waals surface area contributed by atoms with E-state index in [1.165, 1.54) is 0 Å². The monoisotopic (exact) mass is 377 g/mol. The number of carboxylic acid groups (broad SMARTS) is 2. The van der Waals surface area contributed by atoms with Crippen LogP contribution < -0.4 is 10.6 Å². The highest BCUT2D eigenvalue weighted by Crippen LogP contribution is 2.23. The molecule has 1 aliphatic rings. The van der Waals surface area contributed by atoms with Gasteiger partial charge in [-0.15, -0.1) is 0 Å². The first-order valence-corrected chi connectivity index (χ1v) is 8.64. The minimum atomic E-state index is -1.27. The van der Waals surface area contributed by atoms with Crippen molar-refractivity contribution < 1.29 is 29.4 Å². The Balaban J connectivity index is 2.09. The molecular weight excluding hydrogens is 354 g/mol. The Bertz CT molecular complexity index is 713. The molecule has 0 bridgehead atoms. The molecule has 1 aromatic carbocycles. The topological polar surface area (TPSA) is 136 Å². The van der Waals surface area contributed by atoms with E-state index in [2.05, 4.69) is 10.6 Å². The van der Waals surface area contributed by atoms with Crippen molar-refractivity contribution in [3.05, 3.63) is 35.4 Å². The molecule has 1 unspecified atom stereocenters. The van der Waals surface area contributed by atoms with Gasteiger partial charge in [0.05, 0.1) is 17.2 Å². The molecule has 0 aromatic heterocycles. The maximum absolute atomic E-state index is 12.5. The van der Waals surface area contributed by atoms with E-state index in [1.807, 2.05) is 13.8 Å². The largest absolute Gasteiger partial charge is 0.465 e. The molecule has 0 spiro atoms. The lowest BCUT2D eigenvalue weighted by Crippen LogP contribution is -2.46. The van der Waals surface area contributed by atoms with Gasteiger partial charge in [-0.1, -0.05) is 26.0 Å². The predicted octanol–water partition coefficient (Wildman–Crippen LogP) is 1.99. The van der Waals surface area contributed by atoms with Gasteiger partial charge >= 0.3 is 12.2 Å². The van der Waals surface area contributed by atoms with Crippen molar-refractivity contribution in [2.45, 2.75) is 38.8 Å². The zero-order valence-electron chi connectivity index (χ0n) is 15.1. The summed E-state index contributed by atoms with van der Waals surface area (Å²) < 4.78 is 0. The Kier molecular flexibility index (Phi) is 6.38. The van der Waals surface area contributed by atoms with Gasteiger partial charge in [0.25, 0.3) is 11.8 Å². The Hall–Kier alpha value is -3.10. The average Bonchev–Trinajstić information content (AvgIpc) is 2.82. The number of fused-ring (bicyclic) bond motifs is 1. The predicted molar refractivity (Wildman–Crippen MR) is 95.8 cm³/mol. The molecule has 1 aromatic rings. The van der Waals surface area contributed by atoms with E-state index in [0.29, 0.717) is 17.5 Å². The molecule has 0 saturated heterocycles. The number of benzene rings is 1. The standard InChI is InChI=1S/C18H23N3O6/c1-10(2)14(20-18(26)27)8-7-11(19-17(24)25)9-21-15(22)12-5-3-4-6-13(12)16(21)23/h3-6,10-11,14,19-20H,7-9H2,1-2H3,(H,24,25)(H,26,27)/t11-,14?/m0/s1. The Morgan fingerprint density at radius 1 is 0.963 bits per heavy atom. The molecule has 4 amide bonds. The zero-order valence-corrected chi connectivity index (χ0v) is 15.1. The van der Waals surface area contributed by atoms with Gasteiger partial charge in [-0.05, 0) is 30.9 Å². The summed E-state index contributed by atoms with van der Waals surface area (Å²) >= 11 is 0. The van der Waals surface area contributed by atoms with Crippen molar-refractivity contribution in [2.24, 2.45) is 5.92 Å². The van der Waals surface area contributed by atoms with Crippen molar-refractivity contribution >= 4 is 24.0 Å². The van der Waals surface area contributed by atoms with Gasteiger partial charge in [0.2, 0.25) is 0 Å². The molecule has 0 saturated carbocycles. The van der Waals surface area contributed by atoms with Crippen LogP contribution >= 0.6 is 0 Å². The van der Waals surface area contributed by atoms with E-state index in [-0.39, 0.29) is 24.9 Å². The summed E-state index contributed by atoms with van der Waals surface area (Å²) in [6.45, 7) is 3.59. The van der Waals surface area contributed by atoms with Crippen LogP contribution in [-0.2, 0) is 0 Å². The van der Waals surface area contributed by atoms with E-state index in [9.17, 15) is 19.2 Å². The quantitative estimate of drug-likeness (QED) is 0.512. The van der Waals surface area contributed by atoms with Crippen LogP contribution in [0, 0.1) is 5.92 Å². The highest BCUT2D eigenvalue weighted by molar-refractivity contribution is 6.21. The summed E-state index contributed by atoms with van der Waals surface area (Å²) in [4.78, 5) is 48.0. The van der Waals surface area contributed by atoms with Crippen LogP contribution in [0.3, 0.4) is 0 Å². The van der Waals surface area contributed by atoms with E-state index in [4.69, 9.17) is 10.2 Å². The number of amides is 4. The van der Waals surface area contributed by atoms with Crippen molar-refractivity contribution in [2.75, 3.05) is 6.54 Å². The zero-order chi connectivity index (χ0) is 20.1. The summed E-state index contributed by atoms with van der Waals surface area (Å²) in [7, 11) is 0. The molecule has 27 heavy (non-hydrogen) atoms. The van der Waals surface area contributed by atoms with Crippen LogP contribution in [0.5, 0.6) is 0 Å². The first kappa shape index (κ1) is 20.2. The van der Waals surface area contributed by atoms with Crippen molar-refractivity contribution in [3.63, 3.8) is 0 Å². The van der Waals surface area contributed by atoms with Crippen molar-refractivity contribution in [1.82, 2.24) is 15.5 Å². The fourth-order valence-corrected chi connectivity index (χ4v) is 3.12. The number of hydrogen-bond donors (Lipinski definition) is 4. The number of carbonyl (C=O) groups excluding carboxylic acids is 2. The van der Waals surface area contributed by atoms with Crippen molar-refractivity contribution in [1.29, 1.82) is 0 Å². The lowest BCUT2D eigenvalue weighted by atomic mass is 9.96. The number of hydrogen-bond acceptors (Lipinski definition) is 4. The molecule has 9 nitrogen and oxygen atoms in total. The molecule has 0 aliphatic carbocycles. The molecule has 1 aliphatic heterocycles. The van der Waals surface area contributed by atoms with Gasteiger partial charge in [-0.2, -0.15) is 0 Å². The third kappa shape index (κ3) is 4.96. The molecule has 146 valence electrons. The summed E-state index contributed by atoms with van der Waals surface area (Å²) in [6, 6.07) is 5.35. The third-order valence-electron chi connectivity index (χ3n) is 4.55. The minimum Gasteiger partial charge on any atom is -0.465 e. The molecule has 1 heterocycles. The molecule has 2 atom stereocenters. The highest BCUT2D eigenvalue weighted by Gasteiger charge is 2.36. The number of carbonyl (C=O) groups is 4. The fraction of sp³-hybridized carbons (Fsp3) is 0.444. The molecular formula is C18H23N3O6. The van der Waals surface area contributed by atoms with Gasteiger partial charge in [0.15, 0.2) is 0 Å². The van der Waals surface area contributed by atoms with Crippen LogP contribution in [-0.4, -0.2) is 57.7 Å². The molecule has 2 rings (SSSR count).